The fourth-order valence-corrected chi connectivity index (χ4v) is 3.98. The van der Waals surface area contributed by atoms with Crippen LogP contribution in [0.4, 0.5) is 0 Å². The second-order valence-electron chi connectivity index (χ2n) is 4.60. The molecule has 0 aliphatic rings. The molecule has 1 aromatic heterocycles. The monoisotopic (exact) mass is 474 g/mol. The lowest BCUT2D eigenvalue weighted by atomic mass is 10.5. The molecule has 0 aliphatic heterocycles. The third kappa shape index (κ3) is 8.32. The first-order valence-corrected chi connectivity index (χ1v) is 10.0. The van der Waals surface area contributed by atoms with Crippen LogP contribution < -0.4 is 10.6 Å². The number of nitrogens with one attached hydrogen (secondary N) is 2. The molecule has 0 unspecified atom stereocenters. The molecule has 0 fully saturated rings. The van der Waals surface area contributed by atoms with Crippen LogP contribution in [-0.4, -0.2) is 50.6 Å². The molecule has 1 aromatic rings. The van der Waals surface area contributed by atoms with Crippen LogP contribution in [0.25, 0.3) is 0 Å². The molecule has 0 spiro atoms. The largest absolute Gasteiger partial charge is 0.357 e. The molecule has 0 aromatic carbocycles. The van der Waals surface area contributed by atoms with Gasteiger partial charge in [0.05, 0.1) is 12.3 Å². The summed E-state index contributed by atoms with van der Waals surface area (Å²) in [6, 6.07) is 4.02. The van der Waals surface area contributed by atoms with Gasteiger partial charge in [0.2, 0.25) is 10.0 Å². The highest BCUT2D eigenvalue weighted by Crippen LogP contribution is 2.09. The summed E-state index contributed by atoms with van der Waals surface area (Å²) in [6.45, 7) is 8.36. The van der Waals surface area contributed by atoms with E-state index in [2.05, 4.69) is 15.6 Å². The number of hydrogen-bond donors (Lipinski definition) is 2. The number of guanidine groups is 1. The minimum Gasteiger partial charge on any atom is -0.357 e. The zero-order chi connectivity index (χ0) is 16.4. The molecule has 6 nitrogen and oxygen atoms in total. The average molecular weight is 474 g/mol. The Bertz CT molecular complexity index is 543. The highest BCUT2D eigenvalue weighted by molar-refractivity contribution is 14.0. The number of halogens is 1. The first kappa shape index (κ1) is 22.6. The van der Waals surface area contributed by atoms with Crippen molar-refractivity contribution in [2.75, 3.05) is 31.9 Å². The zero-order valence-electron chi connectivity index (χ0n) is 13.9. The predicted molar refractivity (Wildman–Crippen MR) is 109 cm³/mol. The summed E-state index contributed by atoms with van der Waals surface area (Å²) in [5.41, 5.74) is 0. The quantitative estimate of drug-likeness (QED) is 0.327. The molecule has 9 heteroatoms. The van der Waals surface area contributed by atoms with E-state index < -0.39 is 10.0 Å². The van der Waals surface area contributed by atoms with Crippen molar-refractivity contribution in [1.29, 1.82) is 0 Å². The molecule has 2 N–H and O–H groups in total. The third-order valence-corrected chi connectivity index (χ3v) is 5.95. The minimum absolute atomic E-state index is 0. The topological polar surface area (TPSA) is 73.8 Å². The van der Waals surface area contributed by atoms with Gasteiger partial charge in [0.25, 0.3) is 0 Å². The Morgan fingerprint density at radius 2 is 1.96 bits per heavy atom. The highest BCUT2D eigenvalue weighted by Gasteiger charge is 2.18. The lowest BCUT2D eigenvalue weighted by Gasteiger charge is -2.19. The summed E-state index contributed by atoms with van der Waals surface area (Å²) in [4.78, 5) is 5.63. The normalized spacial score (nSPS) is 12.1. The van der Waals surface area contributed by atoms with E-state index in [0.29, 0.717) is 32.1 Å². The van der Waals surface area contributed by atoms with Crippen molar-refractivity contribution in [2.24, 2.45) is 4.99 Å². The van der Waals surface area contributed by atoms with Crippen molar-refractivity contribution in [3.63, 3.8) is 0 Å². The Hall–Kier alpha value is -0.390. The van der Waals surface area contributed by atoms with Gasteiger partial charge in [0.15, 0.2) is 5.96 Å². The van der Waals surface area contributed by atoms with E-state index in [9.17, 15) is 8.42 Å². The molecule has 0 amide bonds. The average Bonchev–Trinajstić information content (AvgIpc) is 2.99. The van der Waals surface area contributed by atoms with Crippen LogP contribution in [-0.2, 0) is 16.6 Å². The Labute approximate surface area is 160 Å². The van der Waals surface area contributed by atoms with Crippen LogP contribution in [0.15, 0.2) is 22.5 Å². The van der Waals surface area contributed by atoms with E-state index in [4.69, 9.17) is 0 Å². The Morgan fingerprint density at radius 1 is 1.26 bits per heavy atom. The second-order valence-corrected chi connectivity index (χ2v) is 7.72. The van der Waals surface area contributed by atoms with Gasteiger partial charge in [-0.3, -0.25) is 0 Å². The summed E-state index contributed by atoms with van der Waals surface area (Å²) in [7, 11) is -3.20. The van der Waals surface area contributed by atoms with Gasteiger partial charge in [-0.1, -0.05) is 19.9 Å². The number of aliphatic imine (C=N–C) groups is 1. The van der Waals surface area contributed by atoms with Gasteiger partial charge in [-0.05, 0) is 18.4 Å². The van der Waals surface area contributed by atoms with E-state index >= 15 is 0 Å². The first-order valence-electron chi connectivity index (χ1n) is 7.55. The van der Waals surface area contributed by atoms with Gasteiger partial charge in [-0.25, -0.2) is 17.7 Å². The number of sulfonamides is 1. The molecule has 0 bridgehead atoms. The molecule has 0 saturated carbocycles. The maximum atomic E-state index is 12.1. The molecule has 0 atom stereocenters. The Morgan fingerprint density at radius 3 is 2.48 bits per heavy atom. The van der Waals surface area contributed by atoms with Crippen molar-refractivity contribution in [2.45, 2.75) is 27.3 Å². The summed E-state index contributed by atoms with van der Waals surface area (Å²) in [5.74, 6) is 0.712. The van der Waals surface area contributed by atoms with Gasteiger partial charge in [0, 0.05) is 31.1 Å². The molecule has 1 rings (SSSR count). The molecule has 23 heavy (non-hydrogen) atoms. The number of hydrogen-bond acceptors (Lipinski definition) is 4. The molecule has 0 aliphatic carbocycles. The van der Waals surface area contributed by atoms with Gasteiger partial charge in [-0.15, -0.1) is 35.3 Å². The van der Waals surface area contributed by atoms with Crippen molar-refractivity contribution in [1.82, 2.24) is 14.9 Å². The summed E-state index contributed by atoms with van der Waals surface area (Å²) in [5, 5.41) is 8.22. The van der Waals surface area contributed by atoms with E-state index in [0.717, 1.165) is 6.54 Å². The van der Waals surface area contributed by atoms with Crippen LogP contribution >= 0.6 is 35.3 Å². The molecule has 0 radical (unpaired) electrons. The fourth-order valence-electron chi connectivity index (χ4n) is 1.95. The van der Waals surface area contributed by atoms with Gasteiger partial charge < -0.3 is 10.6 Å². The third-order valence-electron chi connectivity index (χ3n) is 3.07. The van der Waals surface area contributed by atoms with E-state index in [1.165, 1.54) is 9.18 Å². The molecule has 1 heterocycles. The van der Waals surface area contributed by atoms with E-state index in [1.54, 1.807) is 11.3 Å². The summed E-state index contributed by atoms with van der Waals surface area (Å²) >= 11 is 1.66. The van der Waals surface area contributed by atoms with Gasteiger partial charge in [-0.2, -0.15) is 0 Å². The Balaban J connectivity index is 0.00000484. The zero-order valence-corrected chi connectivity index (χ0v) is 17.9. The van der Waals surface area contributed by atoms with Crippen LogP contribution in [0.2, 0.25) is 0 Å². The summed E-state index contributed by atoms with van der Waals surface area (Å²) < 4.78 is 25.7. The van der Waals surface area contributed by atoms with E-state index in [1.807, 2.05) is 38.3 Å². The predicted octanol–water partition coefficient (Wildman–Crippen LogP) is 2.09. The smallest absolute Gasteiger partial charge is 0.215 e. The lowest BCUT2D eigenvalue weighted by molar-refractivity contribution is 0.445. The maximum Gasteiger partial charge on any atom is 0.215 e. The number of thiophene rings is 1. The maximum absolute atomic E-state index is 12.1. The summed E-state index contributed by atoms with van der Waals surface area (Å²) in [6.07, 6.45) is 0. The molecular formula is C14H27IN4O2S2. The van der Waals surface area contributed by atoms with Crippen LogP contribution in [0.3, 0.4) is 0 Å². The van der Waals surface area contributed by atoms with Gasteiger partial charge >= 0.3 is 0 Å². The van der Waals surface area contributed by atoms with E-state index in [-0.39, 0.29) is 29.7 Å². The van der Waals surface area contributed by atoms with Crippen molar-refractivity contribution >= 4 is 51.3 Å². The number of nitrogens with zero attached hydrogens (tertiary/aromatic N) is 2. The molecule has 134 valence electrons. The molecule has 0 saturated heterocycles. The Kier molecular flexibility index (Phi) is 11.8. The van der Waals surface area contributed by atoms with Crippen molar-refractivity contribution in [3.8, 4) is 0 Å². The SMILES string of the molecule is CCNC(=NCc1cccs1)NCCS(=O)(=O)N(CC)CC.I. The number of rotatable bonds is 9. The molecular weight excluding hydrogens is 447 g/mol. The first-order chi connectivity index (χ1) is 10.5. The standard InChI is InChI=1S/C14H26N4O2S2.HI/c1-4-15-14(17-12-13-8-7-10-21-13)16-9-11-22(19,20)18(5-2)6-3;/h7-8,10H,4-6,9,11-12H2,1-3H3,(H2,15,16,17);1H. The van der Waals surface area contributed by atoms with Crippen LogP contribution in [0, 0.1) is 0 Å². The van der Waals surface area contributed by atoms with Crippen molar-refractivity contribution in [3.05, 3.63) is 22.4 Å². The fraction of sp³-hybridized carbons (Fsp3) is 0.643. The highest BCUT2D eigenvalue weighted by atomic mass is 127. The van der Waals surface area contributed by atoms with Crippen LogP contribution in [0.5, 0.6) is 0 Å². The van der Waals surface area contributed by atoms with Gasteiger partial charge in [0.1, 0.15) is 0 Å². The second kappa shape index (κ2) is 12.0. The lowest BCUT2D eigenvalue weighted by Crippen LogP contribution is -2.42. The van der Waals surface area contributed by atoms with Crippen molar-refractivity contribution < 1.29 is 8.42 Å². The minimum atomic E-state index is -3.20. The van der Waals surface area contributed by atoms with Crippen LogP contribution in [0.1, 0.15) is 25.6 Å².